The molecule has 1 rings (SSSR count). The van der Waals surface area contributed by atoms with Gasteiger partial charge in [0, 0.05) is 5.75 Å². The summed E-state index contributed by atoms with van der Waals surface area (Å²) in [4.78, 5) is 0. The van der Waals surface area contributed by atoms with Gasteiger partial charge >= 0.3 is 23.1 Å². The van der Waals surface area contributed by atoms with Gasteiger partial charge in [0.1, 0.15) is 0 Å². The van der Waals surface area contributed by atoms with Crippen molar-refractivity contribution in [2.24, 2.45) is 0 Å². The normalized spacial score (nSPS) is 7.92. The van der Waals surface area contributed by atoms with E-state index in [0.717, 1.165) is 10.6 Å². The molecule has 0 radical (unpaired) electrons. The van der Waals surface area contributed by atoms with Crippen LogP contribution in [0, 0.1) is 13.0 Å². The fourth-order valence-electron chi connectivity index (χ4n) is 0.744. The van der Waals surface area contributed by atoms with Gasteiger partial charge < -0.3 is 21.7 Å². The number of benzene rings is 1. The molecule has 0 spiro atoms. The van der Waals surface area contributed by atoms with Crippen LogP contribution >= 0.6 is 11.6 Å². The van der Waals surface area contributed by atoms with Crippen LogP contribution in [0.1, 0.15) is 5.56 Å². The minimum Gasteiger partial charge on any atom is -1.00 e. The van der Waals surface area contributed by atoms with Crippen molar-refractivity contribution in [1.29, 1.82) is 0 Å². The first-order chi connectivity index (χ1) is 4.75. The van der Waals surface area contributed by atoms with Crippen molar-refractivity contribution < 1.29 is 21.7 Å². The van der Waals surface area contributed by atoms with E-state index in [1.807, 2.05) is 6.92 Å². The summed E-state index contributed by atoms with van der Waals surface area (Å²) in [6, 6.07) is 6.46. The standard InChI is InChI=1S/C8H8ClO.BrH.Mg/c1-6-7(9)4-3-5-8(6)10-2;;/h3-4H,1-2H3;1H;/q-1;;+2/p-1. The molecule has 1 aromatic carbocycles. The van der Waals surface area contributed by atoms with Crippen molar-refractivity contribution in [2.45, 2.75) is 6.92 Å². The van der Waals surface area contributed by atoms with Gasteiger partial charge in [-0.1, -0.05) is 17.5 Å². The van der Waals surface area contributed by atoms with E-state index >= 15 is 0 Å². The van der Waals surface area contributed by atoms with Crippen molar-refractivity contribution in [3.63, 3.8) is 0 Å². The molecule has 4 heteroatoms. The summed E-state index contributed by atoms with van der Waals surface area (Å²) >= 11 is 5.79. The van der Waals surface area contributed by atoms with Crippen molar-refractivity contribution >= 4 is 34.7 Å². The Morgan fingerprint density at radius 2 is 2.08 bits per heavy atom. The third-order valence-electron chi connectivity index (χ3n) is 1.35. The Bertz CT molecular complexity index is 242. The van der Waals surface area contributed by atoms with Gasteiger partial charge in [0.2, 0.25) is 0 Å². The van der Waals surface area contributed by atoms with Crippen LogP contribution in [0.15, 0.2) is 12.1 Å². The number of ether oxygens (including phenoxy) is 1. The van der Waals surface area contributed by atoms with E-state index in [0.29, 0.717) is 5.75 Å². The van der Waals surface area contributed by atoms with Gasteiger partial charge in [-0.05, 0) is 0 Å². The molecule has 0 unspecified atom stereocenters. The first-order valence-corrected chi connectivity index (χ1v) is 3.34. The molecule has 0 N–H and O–H groups in total. The molecular weight excluding hydrogens is 252 g/mol. The van der Waals surface area contributed by atoms with Gasteiger partial charge in [0.25, 0.3) is 0 Å². The van der Waals surface area contributed by atoms with Crippen molar-refractivity contribution in [3.05, 3.63) is 28.8 Å². The second-order valence-corrected chi connectivity index (χ2v) is 2.39. The predicted molar refractivity (Wildman–Crippen MR) is 47.3 cm³/mol. The first kappa shape index (κ1) is 15.0. The average molecular weight is 260 g/mol. The van der Waals surface area contributed by atoms with Crippen LogP contribution in [0.5, 0.6) is 5.75 Å². The van der Waals surface area contributed by atoms with E-state index < -0.39 is 0 Å². The fraction of sp³-hybridized carbons (Fsp3) is 0.250. The number of halogens is 2. The SMILES string of the molecule is COc1[c-]ccc(Cl)c1C.[Br-].[Mg+2]. The van der Waals surface area contributed by atoms with Crippen LogP contribution in [0.2, 0.25) is 5.02 Å². The molecule has 0 saturated carbocycles. The molecule has 0 saturated heterocycles. The molecule has 0 bridgehead atoms. The van der Waals surface area contributed by atoms with Crippen LogP contribution < -0.4 is 21.7 Å². The molecule has 0 amide bonds. The molecule has 0 heterocycles. The maximum Gasteiger partial charge on any atom is 2.00 e. The Balaban J connectivity index is 0. The van der Waals surface area contributed by atoms with E-state index in [2.05, 4.69) is 6.07 Å². The smallest absolute Gasteiger partial charge is 1.00 e. The summed E-state index contributed by atoms with van der Waals surface area (Å²) in [5.74, 6) is 0.715. The van der Waals surface area contributed by atoms with Crippen LogP contribution in [0.25, 0.3) is 0 Å². The molecule has 12 heavy (non-hydrogen) atoms. The van der Waals surface area contributed by atoms with E-state index in [-0.39, 0.29) is 40.0 Å². The molecule has 1 nitrogen and oxygen atoms in total. The molecular formula is C8H8BrClMgO. The molecule has 0 aliphatic carbocycles. The Kier molecular flexibility index (Phi) is 8.79. The van der Waals surface area contributed by atoms with E-state index in [1.165, 1.54) is 0 Å². The van der Waals surface area contributed by atoms with Gasteiger partial charge in [0.05, 0.1) is 7.11 Å². The first-order valence-electron chi connectivity index (χ1n) is 2.96. The molecule has 0 aliphatic heterocycles. The van der Waals surface area contributed by atoms with Crippen LogP contribution in [0.4, 0.5) is 0 Å². The summed E-state index contributed by atoms with van der Waals surface area (Å²) in [5, 5.41) is 0.718. The summed E-state index contributed by atoms with van der Waals surface area (Å²) in [6.07, 6.45) is 0. The quantitative estimate of drug-likeness (QED) is 0.468. The van der Waals surface area contributed by atoms with Crippen molar-refractivity contribution in [1.82, 2.24) is 0 Å². The molecule has 0 aliphatic rings. The summed E-state index contributed by atoms with van der Waals surface area (Å²) < 4.78 is 4.99. The minimum atomic E-state index is 0. The van der Waals surface area contributed by atoms with Gasteiger partial charge in [0.15, 0.2) is 0 Å². The van der Waals surface area contributed by atoms with Gasteiger partial charge in [-0.2, -0.15) is 12.1 Å². The number of hydrogen-bond donors (Lipinski definition) is 0. The zero-order valence-electron chi connectivity index (χ0n) is 7.03. The Labute approximate surface area is 104 Å². The maximum atomic E-state index is 5.79. The summed E-state index contributed by atoms with van der Waals surface area (Å²) in [6.45, 7) is 1.90. The predicted octanol–water partition coefficient (Wildman–Crippen LogP) is -0.920. The van der Waals surface area contributed by atoms with Crippen LogP contribution in [-0.4, -0.2) is 30.2 Å². The number of hydrogen-bond acceptors (Lipinski definition) is 1. The summed E-state index contributed by atoms with van der Waals surface area (Å²) in [5.41, 5.74) is 0.937. The number of methoxy groups -OCH3 is 1. The molecule has 0 fully saturated rings. The Hall–Kier alpha value is 0.556. The fourth-order valence-corrected chi connectivity index (χ4v) is 0.893. The van der Waals surface area contributed by atoms with E-state index in [4.69, 9.17) is 16.3 Å². The van der Waals surface area contributed by atoms with Gasteiger partial charge in [-0.3, -0.25) is 0 Å². The Morgan fingerprint density at radius 1 is 1.50 bits per heavy atom. The van der Waals surface area contributed by atoms with Crippen molar-refractivity contribution in [2.75, 3.05) is 7.11 Å². The zero-order chi connectivity index (χ0) is 7.56. The van der Waals surface area contributed by atoms with Gasteiger partial charge in [-0.25, -0.2) is 0 Å². The zero-order valence-corrected chi connectivity index (χ0v) is 10.8. The molecule has 0 aromatic heterocycles. The Morgan fingerprint density at radius 3 is 2.50 bits per heavy atom. The molecule has 62 valence electrons. The van der Waals surface area contributed by atoms with E-state index in [9.17, 15) is 0 Å². The average Bonchev–Trinajstić information content (AvgIpc) is 1.95. The monoisotopic (exact) mass is 258 g/mol. The summed E-state index contributed by atoms with van der Waals surface area (Å²) in [7, 11) is 1.61. The maximum absolute atomic E-state index is 5.79. The second-order valence-electron chi connectivity index (χ2n) is 1.98. The molecule has 0 atom stereocenters. The molecule has 1 aromatic rings. The largest absolute Gasteiger partial charge is 2.00 e. The van der Waals surface area contributed by atoms with Crippen molar-refractivity contribution in [3.8, 4) is 5.75 Å². The minimum absolute atomic E-state index is 0. The third-order valence-corrected chi connectivity index (χ3v) is 1.76. The van der Waals surface area contributed by atoms with Gasteiger partial charge in [-0.15, -0.1) is 17.7 Å². The second kappa shape index (κ2) is 7.01. The van der Waals surface area contributed by atoms with Crippen LogP contribution in [-0.2, 0) is 0 Å². The third kappa shape index (κ3) is 3.52. The van der Waals surface area contributed by atoms with E-state index in [1.54, 1.807) is 19.2 Å². The number of rotatable bonds is 1. The van der Waals surface area contributed by atoms with Crippen LogP contribution in [0.3, 0.4) is 0 Å². The topological polar surface area (TPSA) is 9.23 Å².